The van der Waals surface area contributed by atoms with Crippen LogP contribution in [0.25, 0.3) is 22.0 Å². The molecular weight excluding hydrogens is 248 g/mol. The Kier molecular flexibility index (Phi) is 3.44. The molecule has 0 aliphatic carbocycles. The van der Waals surface area contributed by atoms with Gasteiger partial charge in [-0.15, -0.1) is 0 Å². The van der Waals surface area contributed by atoms with Crippen molar-refractivity contribution >= 4 is 10.8 Å². The molecule has 3 heteroatoms. The number of hydrogen-bond donors (Lipinski definition) is 1. The second-order valence-corrected chi connectivity index (χ2v) is 4.85. The molecule has 100 valence electrons. The first-order valence-electron chi connectivity index (χ1n) is 6.71. The Bertz CT molecular complexity index is 753. The summed E-state index contributed by atoms with van der Waals surface area (Å²) >= 11 is 0. The Hall–Kier alpha value is -2.26. The quantitative estimate of drug-likeness (QED) is 0.790. The van der Waals surface area contributed by atoms with Gasteiger partial charge in [0.2, 0.25) is 0 Å². The molecule has 3 nitrogen and oxygen atoms in total. The van der Waals surface area contributed by atoms with Gasteiger partial charge in [0.05, 0.1) is 12.3 Å². The van der Waals surface area contributed by atoms with E-state index in [0.29, 0.717) is 12.2 Å². The van der Waals surface area contributed by atoms with E-state index < -0.39 is 0 Å². The van der Waals surface area contributed by atoms with Crippen LogP contribution in [0.2, 0.25) is 0 Å². The lowest BCUT2D eigenvalue weighted by Gasteiger charge is -2.07. The molecule has 0 radical (unpaired) electrons. The molecule has 0 aliphatic heterocycles. The summed E-state index contributed by atoms with van der Waals surface area (Å²) in [7, 11) is 0. The van der Waals surface area contributed by atoms with E-state index in [9.17, 15) is 0 Å². The van der Waals surface area contributed by atoms with Crippen LogP contribution in [-0.2, 0) is 6.42 Å². The SMILES string of the molecule is Cc1cc(-c2ccc3ccccc3c2)nc(CCO)n1. The number of aliphatic hydroxyl groups is 1. The molecule has 0 saturated carbocycles. The van der Waals surface area contributed by atoms with E-state index in [0.717, 1.165) is 17.0 Å². The number of nitrogens with zero attached hydrogens (tertiary/aromatic N) is 2. The van der Waals surface area contributed by atoms with E-state index in [4.69, 9.17) is 5.11 Å². The summed E-state index contributed by atoms with van der Waals surface area (Å²) < 4.78 is 0. The predicted molar refractivity (Wildman–Crippen MR) is 80.5 cm³/mol. The molecule has 1 N–H and O–H groups in total. The zero-order valence-corrected chi connectivity index (χ0v) is 11.4. The fourth-order valence-corrected chi connectivity index (χ4v) is 2.34. The summed E-state index contributed by atoms with van der Waals surface area (Å²) in [6.45, 7) is 2.02. The molecule has 1 heterocycles. The number of aromatic nitrogens is 2. The number of rotatable bonds is 3. The van der Waals surface area contributed by atoms with E-state index >= 15 is 0 Å². The summed E-state index contributed by atoms with van der Waals surface area (Å²) in [5, 5.41) is 11.5. The summed E-state index contributed by atoms with van der Waals surface area (Å²) in [5.74, 6) is 0.690. The second-order valence-electron chi connectivity index (χ2n) is 4.85. The lowest BCUT2D eigenvalue weighted by molar-refractivity contribution is 0.296. The zero-order chi connectivity index (χ0) is 13.9. The van der Waals surface area contributed by atoms with Gasteiger partial charge < -0.3 is 5.11 Å². The minimum atomic E-state index is 0.0701. The van der Waals surface area contributed by atoms with Crippen LogP contribution in [0, 0.1) is 6.92 Å². The summed E-state index contributed by atoms with van der Waals surface area (Å²) in [6.07, 6.45) is 0.488. The van der Waals surface area contributed by atoms with Crippen LogP contribution in [0.15, 0.2) is 48.5 Å². The smallest absolute Gasteiger partial charge is 0.131 e. The molecule has 0 unspecified atom stereocenters. The first-order chi connectivity index (χ1) is 9.76. The molecule has 20 heavy (non-hydrogen) atoms. The van der Waals surface area contributed by atoms with Crippen LogP contribution in [0.3, 0.4) is 0 Å². The van der Waals surface area contributed by atoms with Crippen LogP contribution in [0.4, 0.5) is 0 Å². The molecule has 0 fully saturated rings. The van der Waals surface area contributed by atoms with E-state index in [-0.39, 0.29) is 6.61 Å². The van der Waals surface area contributed by atoms with Crippen molar-refractivity contribution in [2.75, 3.05) is 6.61 Å². The topological polar surface area (TPSA) is 46.0 Å². The first-order valence-corrected chi connectivity index (χ1v) is 6.71. The molecule has 2 aromatic carbocycles. The van der Waals surface area contributed by atoms with Crippen molar-refractivity contribution in [2.45, 2.75) is 13.3 Å². The van der Waals surface area contributed by atoms with Crippen molar-refractivity contribution in [2.24, 2.45) is 0 Å². The normalized spacial score (nSPS) is 10.9. The number of benzene rings is 2. The summed E-state index contributed by atoms with van der Waals surface area (Å²) in [4.78, 5) is 8.87. The predicted octanol–water partition coefficient (Wildman–Crippen LogP) is 3.14. The van der Waals surface area contributed by atoms with Crippen LogP contribution in [0.5, 0.6) is 0 Å². The van der Waals surface area contributed by atoms with Gasteiger partial charge in [-0.25, -0.2) is 9.97 Å². The van der Waals surface area contributed by atoms with Gasteiger partial charge in [0.1, 0.15) is 5.82 Å². The number of aryl methyl sites for hydroxylation is 1. The van der Waals surface area contributed by atoms with Gasteiger partial charge in [-0.05, 0) is 29.8 Å². The summed E-state index contributed by atoms with van der Waals surface area (Å²) in [5.41, 5.74) is 2.91. The summed E-state index contributed by atoms with van der Waals surface area (Å²) in [6, 6.07) is 16.6. The lowest BCUT2D eigenvalue weighted by Crippen LogP contribution is -2.01. The first kappa shape index (κ1) is 12.8. The molecule has 3 aromatic rings. The van der Waals surface area contributed by atoms with Crippen LogP contribution in [-0.4, -0.2) is 21.7 Å². The molecule has 0 bridgehead atoms. The molecule has 0 saturated heterocycles. The maximum Gasteiger partial charge on any atom is 0.131 e. The molecule has 0 atom stereocenters. The highest BCUT2D eigenvalue weighted by Crippen LogP contribution is 2.23. The van der Waals surface area contributed by atoms with E-state index in [1.165, 1.54) is 10.8 Å². The van der Waals surface area contributed by atoms with Crippen molar-refractivity contribution in [3.05, 3.63) is 60.0 Å². The monoisotopic (exact) mass is 264 g/mol. The molecule has 0 amide bonds. The van der Waals surface area contributed by atoms with Crippen LogP contribution >= 0.6 is 0 Å². The largest absolute Gasteiger partial charge is 0.396 e. The van der Waals surface area contributed by atoms with E-state index in [1.807, 2.05) is 25.1 Å². The number of hydrogen-bond acceptors (Lipinski definition) is 3. The highest BCUT2D eigenvalue weighted by molar-refractivity contribution is 5.86. The van der Waals surface area contributed by atoms with Gasteiger partial charge in [0, 0.05) is 17.7 Å². The highest BCUT2D eigenvalue weighted by Gasteiger charge is 2.05. The van der Waals surface area contributed by atoms with Gasteiger partial charge in [0.25, 0.3) is 0 Å². The third-order valence-corrected chi connectivity index (χ3v) is 3.28. The third-order valence-electron chi connectivity index (χ3n) is 3.28. The number of aliphatic hydroxyl groups excluding tert-OH is 1. The van der Waals surface area contributed by atoms with Gasteiger partial charge in [0.15, 0.2) is 0 Å². The van der Waals surface area contributed by atoms with E-state index in [2.05, 4.69) is 40.3 Å². The molecule has 1 aromatic heterocycles. The van der Waals surface area contributed by atoms with Crippen molar-refractivity contribution < 1.29 is 5.11 Å². The Morgan fingerprint density at radius 1 is 0.950 bits per heavy atom. The van der Waals surface area contributed by atoms with Gasteiger partial charge >= 0.3 is 0 Å². The molecule has 0 aliphatic rings. The van der Waals surface area contributed by atoms with Crippen molar-refractivity contribution in [3.8, 4) is 11.3 Å². The Labute approximate surface area is 117 Å². The maximum absolute atomic E-state index is 9.03. The third kappa shape index (κ3) is 2.53. The average molecular weight is 264 g/mol. The Balaban J connectivity index is 2.10. The fraction of sp³-hybridized carbons (Fsp3) is 0.176. The number of fused-ring (bicyclic) bond motifs is 1. The van der Waals surface area contributed by atoms with Crippen LogP contribution < -0.4 is 0 Å². The van der Waals surface area contributed by atoms with Crippen molar-refractivity contribution in [3.63, 3.8) is 0 Å². The molecule has 3 rings (SSSR count). The van der Waals surface area contributed by atoms with Gasteiger partial charge in [-0.3, -0.25) is 0 Å². The van der Waals surface area contributed by atoms with Crippen molar-refractivity contribution in [1.82, 2.24) is 9.97 Å². The lowest BCUT2D eigenvalue weighted by atomic mass is 10.0. The zero-order valence-electron chi connectivity index (χ0n) is 11.4. The minimum Gasteiger partial charge on any atom is -0.396 e. The van der Waals surface area contributed by atoms with E-state index in [1.54, 1.807) is 0 Å². The minimum absolute atomic E-state index is 0.0701. The van der Waals surface area contributed by atoms with Gasteiger partial charge in [-0.1, -0.05) is 36.4 Å². The van der Waals surface area contributed by atoms with Crippen molar-refractivity contribution in [1.29, 1.82) is 0 Å². The highest BCUT2D eigenvalue weighted by atomic mass is 16.3. The molecular formula is C17H16N2O. The standard InChI is InChI=1S/C17H16N2O/c1-12-10-16(19-17(18-12)8-9-20)15-7-6-13-4-2-3-5-14(13)11-15/h2-7,10-11,20H,8-9H2,1H3. The second kappa shape index (κ2) is 5.39. The average Bonchev–Trinajstić information content (AvgIpc) is 2.46. The Morgan fingerprint density at radius 2 is 1.75 bits per heavy atom. The van der Waals surface area contributed by atoms with Crippen LogP contribution in [0.1, 0.15) is 11.5 Å². The maximum atomic E-state index is 9.03. The Morgan fingerprint density at radius 3 is 2.55 bits per heavy atom. The fourth-order valence-electron chi connectivity index (χ4n) is 2.34. The van der Waals surface area contributed by atoms with Gasteiger partial charge in [-0.2, -0.15) is 0 Å². The molecule has 0 spiro atoms.